The number of amides is 3. The molecule has 0 unspecified atom stereocenters. The van der Waals surface area contributed by atoms with Crippen molar-refractivity contribution < 1.29 is 19.2 Å². The van der Waals surface area contributed by atoms with Crippen LogP contribution < -0.4 is 16.0 Å². The molecule has 3 N–H and O–H groups in total. The highest BCUT2D eigenvalue weighted by Crippen LogP contribution is 2.02. The number of carbonyl (C=O) groups is 4. The van der Waals surface area contributed by atoms with Crippen LogP contribution in [0.2, 0.25) is 0 Å². The van der Waals surface area contributed by atoms with Gasteiger partial charge in [-0.2, -0.15) is 0 Å². The monoisotopic (exact) mass is 285 g/mol. The van der Waals surface area contributed by atoms with Crippen LogP contribution in [0.1, 0.15) is 40.0 Å². The molecule has 0 aromatic carbocycles. The summed E-state index contributed by atoms with van der Waals surface area (Å²) >= 11 is 0. The van der Waals surface area contributed by atoms with Gasteiger partial charge in [0.2, 0.25) is 17.7 Å². The minimum absolute atomic E-state index is 0.0864. The first-order valence-corrected chi connectivity index (χ1v) is 6.61. The van der Waals surface area contributed by atoms with Crippen LogP contribution in [-0.4, -0.2) is 42.6 Å². The van der Waals surface area contributed by atoms with Crippen molar-refractivity contribution in [1.29, 1.82) is 0 Å². The largest absolute Gasteiger partial charge is 0.356 e. The molecule has 0 fully saturated rings. The van der Waals surface area contributed by atoms with E-state index in [1.807, 2.05) is 0 Å². The average Bonchev–Trinajstić information content (AvgIpc) is 2.33. The van der Waals surface area contributed by atoms with E-state index in [1.54, 1.807) is 0 Å². The van der Waals surface area contributed by atoms with Crippen molar-refractivity contribution in [2.45, 2.75) is 46.1 Å². The number of carbonyl (C=O) groups excluding carboxylic acids is 4. The van der Waals surface area contributed by atoms with E-state index in [0.29, 0.717) is 19.4 Å². The maximum Gasteiger partial charge on any atom is 0.239 e. The lowest BCUT2D eigenvalue weighted by Gasteiger charge is -2.16. The predicted molar refractivity (Wildman–Crippen MR) is 73.8 cm³/mol. The molecule has 0 saturated carbocycles. The van der Waals surface area contributed by atoms with Gasteiger partial charge in [0.25, 0.3) is 0 Å². The lowest BCUT2D eigenvalue weighted by atomic mass is 10.1. The van der Waals surface area contributed by atoms with Crippen molar-refractivity contribution in [3.8, 4) is 0 Å². The molecule has 114 valence electrons. The molecule has 0 aromatic heterocycles. The van der Waals surface area contributed by atoms with E-state index >= 15 is 0 Å². The second-order valence-electron chi connectivity index (χ2n) is 4.62. The molecule has 0 aliphatic carbocycles. The Bertz CT molecular complexity index is 369. The Balaban J connectivity index is 3.98. The number of rotatable bonds is 9. The molecule has 0 aliphatic rings. The zero-order valence-electron chi connectivity index (χ0n) is 12.2. The minimum atomic E-state index is -0.548. The minimum Gasteiger partial charge on any atom is -0.356 e. The fourth-order valence-electron chi connectivity index (χ4n) is 1.57. The lowest BCUT2D eigenvalue weighted by Crippen LogP contribution is -2.44. The van der Waals surface area contributed by atoms with Gasteiger partial charge in [-0.3, -0.25) is 19.2 Å². The summed E-state index contributed by atoms with van der Waals surface area (Å²) in [6, 6.07) is -0.548. The van der Waals surface area contributed by atoms with Crippen molar-refractivity contribution in [2.75, 3.05) is 13.1 Å². The smallest absolute Gasteiger partial charge is 0.239 e. The van der Waals surface area contributed by atoms with Gasteiger partial charge in [-0.15, -0.1) is 0 Å². The number of nitrogens with one attached hydrogen (secondary N) is 3. The van der Waals surface area contributed by atoms with Crippen molar-refractivity contribution in [2.24, 2.45) is 0 Å². The maximum atomic E-state index is 11.5. The molecule has 1 atom stereocenters. The summed E-state index contributed by atoms with van der Waals surface area (Å²) in [5.41, 5.74) is 0. The van der Waals surface area contributed by atoms with E-state index in [1.165, 1.54) is 20.8 Å². The third-order valence-corrected chi connectivity index (χ3v) is 2.62. The van der Waals surface area contributed by atoms with Crippen LogP contribution in [0.5, 0.6) is 0 Å². The molecule has 0 heterocycles. The Labute approximate surface area is 118 Å². The van der Waals surface area contributed by atoms with Gasteiger partial charge < -0.3 is 16.0 Å². The SMILES string of the molecule is CC(=O)NCCCC[C@H](NC(=O)CNC(C)=O)C(C)=O. The van der Waals surface area contributed by atoms with Gasteiger partial charge in [0.1, 0.15) is 0 Å². The number of ketones is 1. The fraction of sp³-hybridized carbons (Fsp3) is 0.692. The molecule has 0 aromatic rings. The third-order valence-electron chi connectivity index (χ3n) is 2.62. The summed E-state index contributed by atoms with van der Waals surface area (Å²) in [5, 5.41) is 7.61. The number of unbranched alkanes of at least 4 members (excludes halogenated alkanes) is 1. The van der Waals surface area contributed by atoms with Gasteiger partial charge in [-0.05, 0) is 26.2 Å². The molecule has 0 bridgehead atoms. The standard InChI is InChI=1S/C13H23N3O4/c1-9(17)12(6-4-5-7-14-10(2)18)16-13(20)8-15-11(3)19/h12H,4-8H2,1-3H3,(H,14,18)(H,15,19)(H,16,20)/t12-/m0/s1. The Morgan fingerprint density at radius 3 is 2.00 bits per heavy atom. The molecular formula is C13H23N3O4. The normalized spacial score (nSPS) is 11.3. The topological polar surface area (TPSA) is 104 Å². The van der Waals surface area contributed by atoms with Crippen LogP contribution in [0, 0.1) is 0 Å². The highest BCUT2D eigenvalue weighted by molar-refractivity contribution is 5.89. The summed E-state index contributed by atoms with van der Waals surface area (Å²) in [7, 11) is 0. The fourth-order valence-corrected chi connectivity index (χ4v) is 1.57. The predicted octanol–water partition coefficient (Wildman–Crippen LogP) is -0.497. The molecule has 0 aliphatic heterocycles. The first kappa shape index (κ1) is 18.1. The second-order valence-corrected chi connectivity index (χ2v) is 4.62. The highest BCUT2D eigenvalue weighted by atomic mass is 16.2. The Morgan fingerprint density at radius 1 is 0.900 bits per heavy atom. The first-order valence-electron chi connectivity index (χ1n) is 6.61. The lowest BCUT2D eigenvalue weighted by molar-refractivity contribution is -0.128. The molecule has 0 spiro atoms. The quantitative estimate of drug-likeness (QED) is 0.497. The molecule has 7 nitrogen and oxygen atoms in total. The van der Waals surface area contributed by atoms with E-state index in [2.05, 4.69) is 16.0 Å². The van der Waals surface area contributed by atoms with E-state index < -0.39 is 6.04 Å². The summed E-state index contributed by atoms with van der Waals surface area (Å²) < 4.78 is 0. The van der Waals surface area contributed by atoms with Gasteiger partial charge in [-0.1, -0.05) is 0 Å². The molecule has 0 radical (unpaired) electrons. The van der Waals surface area contributed by atoms with Gasteiger partial charge in [-0.25, -0.2) is 0 Å². The van der Waals surface area contributed by atoms with Crippen LogP contribution >= 0.6 is 0 Å². The second kappa shape index (κ2) is 9.94. The highest BCUT2D eigenvalue weighted by Gasteiger charge is 2.16. The average molecular weight is 285 g/mol. The maximum absolute atomic E-state index is 11.5. The Hall–Kier alpha value is -1.92. The number of hydrogen-bond donors (Lipinski definition) is 3. The van der Waals surface area contributed by atoms with Crippen LogP contribution in [0.3, 0.4) is 0 Å². The van der Waals surface area contributed by atoms with Crippen LogP contribution in [0.4, 0.5) is 0 Å². The van der Waals surface area contributed by atoms with Crippen LogP contribution in [0.15, 0.2) is 0 Å². The first-order chi connectivity index (χ1) is 9.32. The molecule has 0 rings (SSSR count). The van der Waals surface area contributed by atoms with Crippen molar-refractivity contribution in [3.63, 3.8) is 0 Å². The van der Waals surface area contributed by atoms with Crippen molar-refractivity contribution >= 4 is 23.5 Å². The van der Waals surface area contributed by atoms with Gasteiger partial charge in [0.15, 0.2) is 5.78 Å². The number of hydrogen-bond acceptors (Lipinski definition) is 4. The van der Waals surface area contributed by atoms with Crippen molar-refractivity contribution in [3.05, 3.63) is 0 Å². The van der Waals surface area contributed by atoms with Crippen molar-refractivity contribution in [1.82, 2.24) is 16.0 Å². The van der Waals surface area contributed by atoms with Gasteiger partial charge in [0.05, 0.1) is 12.6 Å². The van der Waals surface area contributed by atoms with Crippen LogP contribution in [0.25, 0.3) is 0 Å². The summed E-state index contributed by atoms with van der Waals surface area (Å²) in [6.45, 7) is 4.60. The summed E-state index contributed by atoms with van der Waals surface area (Å²) in [6.07, 6.45) is 1.97. The molecule has 7 heteroatoms. The van der Waals surface area contributed by atoms with E-state index in [9.17, 15) is 19.2 Å². The zero-order chi connectivity index (χ0) is 15.5. The Kier molecular flexibility index (Phi) is 8.98. The Morgan fingerprint density at radius 2 is 1.50 bits per heavy atom. The third kappa shape index (κ3) is 10.0. The van der Waals surface area contributed by atoms with E-state index in [-0.39, 0.29) is 30.0 Å². The summed E-state index contributed by atoms with van der Waals surface area (Å²) in [4.78, 5) is 44.3. The summed E-state index contributed by atoms with van der Waals surface area (Å²) in [5.74, 6) is -0.894. The van der Waals surface area contributed by atoms with Gasteiger partial charge >= 0.3 is 0 Å². The molecule has 0 saturated heterocycles. The molecule has 20 heavy (non-hydrogen) atoms. The molecule has 3 amide bonds. The number of Topliss-reactive ketones (excluding diaryl/α,β-unsaturated/α-hetero) is 1. The van der Waals surface area contributed by atoms with E-state index in [0.717, 1.165) is 6.42 Å². The van der Waals surface area contributed by atoms with Crippen LogP contribution in [-0.2, 0) is 19.2 Å². The van der Waals surface area contributed by atoms with Gasteiger partial charge in [0, 0.05) is 20.4 Å². The van der Waals surface area contributed by atoms with E-state index in [4.69, 9.17) is 0 Å². The zero-order valence-corrected chi connectivity index (χ0v) is 12.2. The molecular weight excluding hydrogens is 262 g/mol.